The number of hydrogen-bond donors (Lipinski definition) is 0. The van der Waals surface area contributed by atoms with Crippen LogP contribution in [-0.4, -0.2) is 5.97 Å². The van der Waals surface area contributed by atoms with Crippen LogP contribution < -0.4 is 34.7 Å². The second-order valence-electron chi connectivity index (χ2n) is 2.59. The minimum atomic E-state index is -1.12. The first-order chi connectivity index (χ1) is 5.11. The van der Waals surface area contributed by atoms with Crippen molar-refractivity contribution in [1.29, 1.82) is 0 Å². The molecule has 3 heteroatoms. The fraction of sp³-hybridized carbons (Fsp3) is 0.222. The molecular weight excluding hydrogens is 163 g/mol. The number of aromatic carboxylic acids is 1. The van der Waals surface area contributed by atoms with E-state index in [1.54, 1.807) is 18.2 Å². The topological polar surface area (TPSA) is 40.1 Å². The Morgan fingerprint density at radius 3 is 2.25 bits per heavy atom. The molecule has 1 rings (SSSR count). The van der Waals surface area contributed by atoms with Gasteiger partial charge in [-0.1, -0.05) is 12.1 Å². The van der Waals surface area contributed by atoms with Gasteiger partial charge >= 0.3 is 29.6 Å². The van der Waals surface area contributed by atoms with Gasteiger partial charge in [0, 0.05) is 0 Å². The van der Waals surface area contributed by atoms with Crippen LogP contribution in [0, 0.1) is 13.8 Å². The Morgan fingerprint density at radius 1 is 1.25 bits per heavy atom. The quantitative estimate of drug-likeness (QED) is 0.446. The van der Waals surface area contributed by atoms with E-state index in [1.165, 1.54) is 0 Å². The van der Waals surface area contributed by atoms with Crippen molar-refractivity contribution < 1.29 is 39.5 Å². The van der Waals surface area contributed by atoms with Crippen molar-refractivity contribution in [3.05, 3.63) is 34.9 Å². The zero-order valence-corrected chi connectivity index (χ0v) is 9.55. The van der Waals surface area contributed by atoms with Crippen molar-refractivity contribution >= 4 is 5.97 Å². The van der Waals surface area contributed by atoms with Crippen molar-refractivity contribution in [2.75, 3.05) is 0 Å². The first-order valence-electron chi connectivity index (χ1n) is 3.40. The number of benzene rings is 1. The van der Waals surface area contributed by atoms with Gasteiger partial charge in [0.15, 0.2) is 0 Å². The molecule has 2 nitrogen and oxygen atoms in total. The Balaban J connectivity index is 0.00000121. The van der Waals surface area contributed by atoms with Crippen LogP contribution in [0.2, 0.25) is 0 Å². The van der Waals surface area contributed by atoms with E-state index in [1.807, 2.05) is 13.8 Å². The molecule has 0 atom stereocenters. The first kappa shape index (κ1) is 11.7. The van der Waals surface area contributed by atoms with Crippen LogP contribution in [0.3, 0.4) is 0 Å². The number of carboxylic acids is 1. The molecular formula is C9H9NaO2. The molecule has 0 spiro atoms. The summed E-state index contributed by atoms with van der Waals surface area (Å²) in [6.07, 6.45) is 0. The predicted molar refractivity (Wildman–Crippen MR) is 40.2 cm³/mol. The molecule has 0 aliphatic carbocycles. The van der Waals surface area contributed by atoms with Gasteiger partial charge in [0.2, 0.25) is 0 Å². The fourth-order valence-electron chi connectivity index (χ4n) is 0.868. The molecule has 0 saturated heterocycles. The number of carbonyl (C=O) groups is 1. The van der Waals surface area contributed by atoms with Crippen molar-refractivity contribution in [2.24, 2.45) is 0 Å². The smallest absolute Gasteiger partial charge is 0.545 e. The molecule has 0 saturated carbocycles. The van der Waals surface area contributed by atoms with Gasteiger partial charge in [0.05, 0.1) is 5.97 Å². The zero-order chi connectivity index (χ0) is 8.43. The van der Waals surface area contributed by atoms with Gasteiger partial charge in [0.1, 0.15) is 0 Å². The van der Waals surface area contributed by atoms with Gasteiger partial charge in [-0.05, 0) is 36.6 Å². The molecule has 0 aromatic heterocycles. The zero-order valence-electron chi connectivity index (χ0n) is 7.55. The number of hydrogen-bond acceptors (Lipinski definition) is 2. The summed E-state index contributed by atoms with van der Waals surface area (Å²) in [6.45, 7) is 3.82. The Bertz CT molecular complexity index is 295. The van der Waals surface area contributed by atoms with Crippen molar-refractivity contribution in [2.45, 2.75) is 13.8 Å². The number of aryl methyl sites for hydroxylation is 2. The van der Waals surface area contributed by atoms with Gasteiger partial charge in [-0.3, -0.25) is 0 Å². The monoisotopic (exact) mass is 172 g/mol. The Labute approximate surface area is 93.9 Å². The second kappa shape index (κ2) is 4.65. The summed E-state index contributed by atoms with van der Waals surface area (Å²) in [5.41, 5.74) is 2.31. The van der Waals surface area contributed by atoms with Gasteiger partial charge in [-0.2, -0.15) is 0 Å². The fourth-order valence-corrected chi connectivity index (χ4v) is 0.868. The van der Waals surface area contributed by atoms with Crippen LogP contribution in [0.15, 0.2) is 18.2 Å². The summed E-state index contributed by atoms with van der Waals surface area (Å²) < 4.78 is 0. The van der Waals surface area contributed by atoms with Gasteiger partial charge < -0.3 is 9.90 Å². The molecule has 0 N–H and O–H groups in total. The molecule has 58 valence electrons. The molecule has 1 aromatic rings. The Morgan fingerprint density at radius 2 is 1.83 bits per heavy atom. The molecule has 0 aliphatic rings. The van der Waals surface area contributed by atoms with E-state index in [0.717, 1.165) is 11.1 Å². The van der Waals surface area contributed by atoms with Crippen LogP contribution in [0.25, 0.3) is 0 Å². The average Bonchev–Trinajstić information content (AvgIpc) is 1.94. The summed E-state index contributed by atoms with van der Waals surface area (Å²) >= 11 is 0. The molecule has 0 bridgehead atoms. The second-order valence-corrected chi connectivity index (χ2v) is 2.59. The van der Waals surface area contributed by atoms with Crippen LogP contribution >= 0.6 is 0 Å². The average molecular weight is 172 g/mol. The van der Waals surface area contributed by atoms with E-state index in [-0.39, 0.29) is 35.1 Å². The van der Waals surface area contributed by atoms with Crippen LogP contribution in [-0.2, 0) is 0 Å². The number of carbonyl (C=O) groups excluding carboxylic acids is 1. The maximum Gasteiger partial charge on any atom is 1.00 e. The summed E-state index contributed by atoms with van der Waals surface area (Å²) in [6, 6.07) is 4.95. The normalized spacial score (nSPS) is 8.83. The minimum absolute atomic E-state index is 0. The van der Waals surface area contributed by atoms with E-state index in [0.29, 0.717) is 0 Å². The van der Waals surface area contributed by atoms with E-state index >= 15 is 0 Å². The van der Waals surface area contributed by atoms with Gasteiger partial charge in [0.25, 0.3) is 0 Å². The molecule has 12 heavy (non-hydrogen) atoms. The van der Waals surface area contributed by atoms with Crippen LogP contribution in [0.4, 0.5) is 0 Å². The van der Waals surface area contributed by atoms with Gasteiger partial charge in [-0.25, -0.2) is 0 Å². The summed E-state index contributed by atoms with van der Waals surface area (Å²) in [4.78, 5) is 10.4. The molecule has 0 heterocycles. The van der Waals surface area contributed by atoms with Crippen molar-refractivity contribution in [1.82, 2.24) is 0 Å². The summed E-state index contributed by atoms with van der Waals surface area (Å²) in [5, 5.41) is 10.4. The van der Waals surface area contributed by atoms with E-state index in [9.17, 15) is 9.90 Å². The van der Waals surface area contributed by atoms with Crippen molar-refractivity contribution in [3.8, 4) is 0 Å². The minimum Gasteiger partial charge on any atom is -0.545 e. The van der Waals surface area contributed by atoms with E-state index in [4.69, 9.17) is 0 Å². The third-order valence-electron chi connectivity index (χ3n) is 1.74. The molecule has 0 unspecified atom stereocenters. The van der Waals surface area contributed by atoms with E-state index < -0.39 is 5.97 Å². The molecule has 0 fully saturated rings. The number of carboxylic acid groups (broad SMARTS) is 1. The largest absolute Gasteiger partial charge is 1.00 e. The molecule has 0 radical (unpaired) electrons. The SMILES string of the molecule is Cc1ccc(C(=O)[O-])cc1C.[Na+]. The maximum absolute atomic E-state index is 10.4. The summed E-state index contributed by atoms with van der Waals surface area (Å²) in [7, 11) is 0. The van der Waals surface area contributed by atoms with Crippen molar-refractivity contribution in [3.63, 3.8) is 0 Å². The maximum atomic E-state index is 10.4. The predicted octanol–water partition coefficient (Wildman–Crippen LogP) is -2.33. The van der Waals surface area contributed by atoms with Crippen LogP contribution in [0.5, 0.6) is 0 Å². The number of rotatable bonds is 1. The molecule has 0 amide bonds. The Hall–Kier alpha value is -0.310. The van der Waals surface area contributed by atoms with Gasteiger partial charge in [-0.15, -0.1) is 0 Å². The standard InChI is InChI=1S/C9H10O2.Na/c1-6-3-4-8(9(10)11)5-7(6)2;/h3-5H,1-2H3,(H,10,11);/q;+1/p-1. The third kappa shape index (κ3) is 2.63. The Kier molecular flexibility index (Phi) is 4.53. The van der Waals surface area contributed by atoms with Crippen LogP contribution in [0.1, 0.15) is 21.5 Å². The summed E-state index contributed by atoms with van der Waals surface area (Å²) in [5.74, 6) is -1.12. The first-order valence-corrected chi connectivity index (χ1v) is 3.40. The molecule has 1 aromatic carbocycles. The third-order valence-corrected chi connectivity index (χ3v) is 1.74. The molecule has 0 aliphatic heterocycles. The van der Waals surface area contributed by atoms with E-state index in [2.05, 4.69) is 0 Å².